The Morgan fingerprint density at radius 1 is 1.00 bits per heavy atom. The summed E-state index contributed by atoms with van der Waals surface area (Å²) in [5.41, 5.74) is 2.46. The van der Waals surface area contributed by atoms with E-state index in [1.165, 1.54) is 6.92 Å². The van der Waals surface area contributed by atoms with Crippen LogP contribution in [0.5, 0.6) is 5.75 Å². The monoisotopic (exact) mass is 312 g/mol. The molecule has 0 saturated carbocycles. The van der Waals surface area contributed by atoms with E-state index in [9.17, 15) is 9.59 Å². The van der Waals surface area contributed by atoms with Gasteiger partial charge in [-0.3, -0.25) is 9.59 Å². The fraction of sp³-hybridized carbons (Fsp3) is 0.222. The minimum absolute atomic E-state index is 0.0555. The first-order valence-corrected chi connectivity index (χ1v) is 7.37. The number of benzene rings is 2. The third-order valence-corrected chi connectivity index (χ3v) is 3.26. The molecule has 0 atom stereocenters. The first-order chi connectivity index (χ1) is 11.1. The van der Waals surface area contributed by atoms with Gasteiger partial charge in [-0.15, -0.1) is 0 Å². The average molecular weight is 312 g/mol. The summed E-state index contributed by atoms with van der Waals surface area (Å²) in [6.45, 7) is 1.45. The molecule has 0 spiro atoms. The minimum atomic E-state index is -0.125. The Labute approximate surface area is 135 Å². The average Bonchev–Trinajstić information content (AvgIpc) is 2.54. The zero-order valence-electron chi connectivity index (χ0n) is 13.3. The molecule has 0 fully saturated rings. The number of ether oxygens (including phenoxy) is 1. The van der Waals surface area contributed by atoms with E-state index in [1.807, 2.05) is 24.3 Å². The highest BCUT2D eigenvalue weighted by Gasteiger charge is 2.04. The second kappa shape index (κ2) is 7.98. The van der Waals surface area contributed by atoms with E-state index in [-0.39, 0.29) is 11.8 Å². The molecule has 2 amide bonds. The van der Waals surface area contributed by atoms with Gasteiger partial charge in [0.2, 0.25) is 11.8 Å². The largest absolute Gasteiger partial charge is 0.497 e. The molecule has 0 heterocycles. The molecule has 0 aliphatic rings. The maximum atomic E-state index is 12.0. The summed E-state index contributed by atoms with van der Waals surface area (Å²) in [5.74, 6) is 0.608. The highest BCUT2D eigenvalue weighted by molar-refractivity contribution is 5.92. The number of methoxy groups -OCH3 is 1. The van der Waals surface area contributed by atoms with E-state index < -0.39 is 0 Å². The lowest BCUT2D eigenvalue weighted by atomic mass is 10.1. The highest BCUT2D eigenvalue weighted by Crippen LogP contribution is 2.16. The van der Waals surface area contributed by atoms with Gasteiger partial charge in [0.15, 0.2) is 0 Å². The van der Waals surface area contributed by atoms with Gasteiger partial charge in [-0.05, 0) is 48.4 Å². The van der Waals surface area contributed by atoms with Crippen molar-refractivity contribution in [2.45, 2.75) is 19.8 Å². The molecule has 2 N–H and O–H groups in total. The van der Waals surface area contributed by atoms with Crippen LogP contribution in [0.1, 0.15) is 18.9 Å². The number of carbonyl (C=O) groups excluding carboxylic acids is 2. The van der Waals surface area contributed by atoms with Gasteiger partial charge >= 0.3 is 0 Å². The van der Waals surface area contributed by atoms with Crippen LogP contribution in [0.25, 0.3) is 0 Å². The Bertz CT molecular complexity index is 681. The lowest BCUT2D eigenvalue weighted by molar-refractivity contribution is -0.116. The summed E-state index contributed by atoms with van der Waals surface area (Å²) in [7, 11) is 1.62. The Balaban J connectivity index is 1.85. The van der Waals surface area contributed by atoms with E-state index in [2.05, 4.69) is 10.6 Å². The molecule has 2 rings (SSSR count). The summed E-state index contributed by atoms with van der Waals surface area (Å²) >= 11 is 0. The van der Waals surface area contributed by atoms with E-state index in [1.54, 1.807) is 31.4 Å². The van der Waals surface area contributed by atoms with Crippen molar-refractivity contribution in [3.8, 4) is 5.75 Å². The third-order valence-electron chi connectivity index (χ3n) is 3.26. The maximum absolute atomic E-state index is 12.0. The second-order valence-corrected chi connectivity index (χ2v) is 5.16. The van der Waals surface area contributed by atoms with Crippen molar-refractivity contribution in [2.24, 2.45) is 0 Å². The second-order valence-electron chi connectivity index (χ2n) is 5.16. The first-order valence-electron chi connectivity index (χ1n) is 7.37. The Hall–Kier alpha value is -2.82. The molecule has 0 radical (unpaired) electrons. The fourth-order valence-corrected chi connectivity index (χ4v) is 2.15. The lowest BCUT2D eigenvalue weighted by Crippen LogP contribution is -2.12. The van der Waals surface area contributed by atoms with Gasteiger partial charge in [0.05, 0.1) is 7.11 Å². The van der Waals surface area contributed by atoms with Crippen LogP contribution in [0.2, 0.25) is 0 Å². The number of aryl methyl sites for hydroxylation is 1. The SMILES string of the molecule is COc1cccc(CCC(=O)Nc2ccc(NC(C)=O)cc2)c1. The third kappa shape index (κ3) is 5.47. The number of nitrogens with one attached hydrogen (secondary N) is 2. The summed E-state index contributed by atoms with van der Waals surface area (Å²) in [4.78, 5) is 22.9. The molecule has 2 aromatic carbocycles. The standard InChI is InChI=1S/C18H20N2O3/c1-13(21)19-15-7-9-16(10-8-15)20-18(22)11-6-14-4-3-5-17(12-14)23-2/h3-5,7-10,12H,6,11H2,1-2H3,(H,19,21)(H,20,22). The van der Waals surface area contributed by atoms with E-state index in [0.717, 1.165) is 11.3 Å². The fourth-order valence-electron chi connectivity index (χ4n) is 2.15. The quantitative estimate of drug-likeness (QED) is 0.860. The van der Waals surface area contributed by atoms with Gasteiger partial charge in [-0.25, -0.2) is 0 Å². The molecule has 23 heavy (non-hydrogen) atoms. The van der Waals surface area contributed by atoms with Crippen LogP contribution < -0.4 is 15.4 Å². The van der Waals surface area contributed by atoms with Crippen molar-refractivity contribution in [2.75, 3.05) is 17.7 Å². The van der Waals surface area contributed by atoms with Gasteiger partial charge in [-0.2, -0.15) is 0 Å². The van der Waals surface area contributed by atoms with Gasteiger partial charge in [0.25, 0.3) is 0 Å². The van der Waals surface area contributed by atoms with Crippen molar-refractivity contribution >= 4 is 23.2 Å². The Morgan fingerprint density at radius 3 is 2.26 bits per heavy atom. The van der Waals surface area contributed by atoms with Crippen LogP contribution >= 0.6 is 0 Å². The normalized spacial score (nSPS) is 10.0. The molecule has 5 heteroatoms. The first kappa shape index (κ1) is 16.5. The number of amides is 2. The van der Waals surface area contributed by atoms with Gasteiger partial charge in [0.1, 0.15) is 5.75 Å². The molecule has 0 unspecified atom stereocenters. The molecule has 0 bridgehead atoms. The number of rotatable bonds is 6. The lowest BCUT2D eigenvalue weighted by Gasteiger charge is -2.08. The van der Waals surface area contributed by atoms with E-state index >= 15 is 0 Å². The molecule has 0 aliphatic heterocycles. The van der Waals surface area contributed by atoms with Crippen LogP contribution in [0.3, 0.4) is 0 Å². The number of hydrogen-bond acceptors (Lipinski definition) is 3. The zero-order valence-corrected chi connectivity index (χ0v) is 13.3. The summed E-state index contributed by atoms with van der Waals surface area (Å²) < 4.78 is 5.17. The van der Waals surface area contributed by atoms with Crippen molar-refractivity contribution < 1.29 is 14.3 Å². The van der Waals surface area contributed by atoms with Crippen molar-refractivity contribution in [3.05, 3.63) is 54.1 Å². The van der Waals surface area contributed by atoms with Crippen molar-refractivity contribution in [1.29, 1.82) is 0 Å². The summed E-state index contributed by atoms with van der Waals surface area (Å²) in [6.07, 6.45) is 1.04. The molecule has 2 aromatic rings. The summed E-state index contributed by atoms with van der Waals surface area (Å²) in [6, 6.07) is 14.7. The van der Waals surface area contributed by atoms with Crippen LogP contribution in [0.15, 0.2) is 48.5 Å². The van der Waals surface area contributed by atoms with Crippen molar-refractivity contribution in [1.82, 2.24) is 0 Å². The number of carbonyl (C=O) groups is 2. The Morgan fingerprint density at radius 2 is 1.65 bits per heavy atom. The zero-order chi connectivity index (χ0) is 16.7. The smallest absolute Gasteiger partial charge is 0.224 e. The van der Waals surface area contributed by atoms with Crippen LogP contribution in [-0.4, -0.2) is 18.9 Å². The Kier molecular flexibility index (Phi) is 5.74. The molecular weight excluding hydrogens is 292 g/mol. The molecule has 0 aliphatic carbocycles. The summed E-state index contributed by atoms with van der Waals surface area (Å²) in [5, 5.41) is 5.52. The maximum Gasteiger partial charge on any atom is 0.224 e. The topological polar surface area (TPSA) is 67.4 Å². The van der Waals surface area contributed by atoms with Crippen LogP contribution in [-0.2, 0) is 16.0 Å². The predicted molar refractivity (Wildman–Crippen MR) is 90.7 cm³/mol. The van der Waals surface area contributed by atoms with E-state index in [4.69, 9.17) is 4.74 Å². The predicted octanol–water partition coefficient (Wildman–Crippen LogP) is 3.22. The van der Waals surface area contributed by atoms with Crippen LogP contribution in [0.4, 0.5) is 11.4 Å². The van der Waals surface area contributed by atoms with Crippen molar-refractivity contribution in [3.63, 3.8) is 0 Å². The molecule has 120 valence electrons. The molecule has 0 aromatic heterocycles. The van der Waals surface area contributed by atoms with Gasteiger partial charge in [-0.1, -0.05) is 12.1 Å². The molecular formula is C18H20N2O3. The minimum Gasteiger partial charge on any atom is -0.497 e. The van der Waals surface area contributed by atoms with Gasteiger partial charge < -0.3 is 15.4 Å². The highest BCUT2D eigenvalue weighted by atomic mass is 16.5. The number of anilines is 2. The van der Waals surface area contributed by atoms with Crippen LogP contribution in [0, 0.1) is 0 Å². The molecule has 5 nitrogen and oxygen atoms in total. The van der Waals surface area contributed by atoms with Gasteiger partial charge in [0, 0.05) is 24.7 Å². The molecule has 0 saturated heterocycles. The van der Waals surface area contributed by atoms with E-state index in [0.29, 0.717) is 24.2 Å². The number of hydrogen-bond donors (Lipinski definition) is 2.